The molecule has 0 saturated carbocycles. The standard InChI is InChI=1S/C23H25FN4O3/c1-14-11-25-21(22(29)27-20-4-3-7-31-23(20)30)10-17(14)8-16-6-5-15(9-19(16)24)18-12-26-28(2)13-18/h5-6,9-13,20,23,30H,3-4,7-8H2,1-2H3,(H,27,29)/t20-,23+/m0/s1. The van der Waals surface area contributed by atoms with E-state index >= 15 is 0 Å². The van der Waals surface area contributed by atoms with E-state index in [-0.39, 0.29) is 17.4 Å². The minimum Gasteiger partial charge on any atom is -0.366 e. The van der Waals surface area contributed by atoms with Gasteiger partial charge in [0.25, 0.3) is 5.91 Å². The molecule has 2 aromatic heterocycles. The third kappa shape index (κ3) is 4.81. The lowest BCUT2D eigenvalue weighted by molar-refractivity contribution is -0.139. The fourth-order valence-electron chi connectivity index (χ4n) is 3.68. The van der Waals surface area contributed by atoms with Crippen LogP contribution in [-0.4, -0.2) is 44.7 Å². The van der Waals surface area contributed by atoms with Gasteiger partial charge in [-0.25, -0.2) is 4.39 Å². The predicted molar refractivity (Wildman–Crippen MR) is 113 cm³/mol. The zero-order chi connectivity index (χ0) is 22.0. The van der Waals surface area contributed by atoms with Gasteiger partial charge in [0, 0.05) is 38.0 Å². The van der Waals surface area contributed by atoms with Crippen LogP contribution in [-0.2, 0) is 18.2 Å². The van der Waals surface area contributed by atoms with Crippen LogP contribution in [0.5, 0.6) is 0 Å². The molecule has 0 aliphatic carbocycles. The van der Waals surface area contributed by atoms with Crippen LogP contribution >= 0.6 is 0 Å². The molecule has 162 valence electrons. The molecule has 0 spiro atoms. The molecule has 7 nitrogen and oxygen atoms in total. The van der Waals surface area contributed by atoms with Gasteiger partial charge in [-0.1, -0.05) is 12.1 Å². The molecule has 31 heavy (non-hydrogen) atoms. The predicted octanol–water partition coefficient (Wildman–Crippen LogP) is 2.75. The molecule has 0 unspecified atom stereocenters. The van der Waals surface area contributed by atoms with Gasteiger partial charge in [-0.3, -0.25) is 14.5 Å². The third-order valence-corrected chi connectivity index (χ3v) is 5.53. The summed E-state index contributed by atoms with van der Waals surface area (Å²) in [5, 5.41) is 16.8. The first kappa shape index (κ1) is 21.1. The quantitative estimate of drug-likeness (QED) is 0.658. The number of hydrogen-bond acceptors (Lipinski definition) is 5. The second-order valence-corrected chi connectivity index (χ2v) is 7.87. The Morgan fingerprint density at radius 2 is 2.13 bits per heavy atom. The first-order valence-corrected chi connectivity index (χ1v) is 10.2. The second kappa shape index (κ2) is 8.95. The SMILES string of the molecule is Cc1cnc(C(=O)N[C@H]2CCCO[C@H]2O)cc1Cc1ccc(-c2cnn(C)c2)cc1F. The first-order valence-electron chi connectivity index (χ1n) is 10.2. The largest absolute Gasteiger partial charge is 0.366 e. The van der Waals surface area contributed by atoms with Gasteiger partial charge < -0.3 is 15.2 Å². The Hall–Kier alpha value is -3.10. The van der Waals surface area contributed by atoms with Crippen molar-refractivity contribution in [3.8, 4) is 11.1 Å². The van der Waals surface area contributed by atoms with Gasteiger partial charge in [0.2, 0.25) is 0 Å². The molecule has 2 atom stereocenters. The average Bonchev–Trinajstić information content (AvgIpc) is 3.19. The van der Waals surface area contributed by atoms with Crippen molar-refractivity contribution in [1.82, 2.24) is 20.1 Å². The Labute approximate surface area is 179 Å². The molecule has 2 N–H and O–H groups in total. The van der Waals surface area contributed by atoms with Crippen molar-refractivity contribution in [1.29, 1.82) is 0 Å². The molecule has 0 bridgehead atoms. The van der Waals surface area contributed by atoms with Crippen LogP contribution in [0, 0.1) is 12.7 Å². The Morgan fingerprint density at radius 1 is 1.29 bits per heavy atom. The minimum absolute atomic E-state index is 0.228. The van der Waals surface area contributed by atoms with Gasteiger partial charge in [-0.2, -0.15) is 5.10 Å². The van der Waals surface area contributed by atoms with Gasteiger partial charge in [-0.05, 0) is 54.2 Å². The van der Waals surface area contributed by atoms with Crippen molar-refractivity contribution >= 4 is 5.91 Å². The highest BCUT2D eigenvalue weighted by atomic mass is 19.1. The van der Waals surface area contributed by atoms with E-state index in [0.29, 0.717) is 25.0 Å². The van der Waals surface area contributed by atoms with Crippen LogP contribution in [0.25, 0.3) is 11.1 Å². The number of aliphatic hydroxyl groups is 1. The number of aryl methyl sites for hydroxylation is 2. The highest BCUT2D eigenvalue weighted by Crippen LogP contribution is 2.24. The Kier molecular flexibility index (Phi) is 6.11. The molecular formula is C23H25FN4O3. The zero-order valence-electron chi connectivity index (χ0n) is 17.5. The first-order chi connectivity index (χ1) is 14.9. The average molecular weight is 424 g/mol. The Balaban J connectivity index is 1.51. The van der Waals surface area contributed by atoms with Crippen molar-refractivity contribution in [2.75, 3.05) is 6.61 Å². The minimum atomic E-state index is -1.02. The third-order valence-electron chi connectivity index (χ3n) is 5.53. The molecule has 1 aromatic carbocycles. The van der Waals surface area contributed by atoms with Crippen molar-refractivity contribution in [2.45, 2.75) is 38.5 Å². The summed E-state index contributed by atoms with van der Waals surface area (Å²) in [6.07, 6.45) is 5.86. The molecule has 1 fully saturated rings. The van der Waals surface area contributed by atoms with E-state index in [0.717, 1.165) is 28.7 Å². The summed E-state index contributed by atoms with van der Waals surface area (Å²) >= 11 is 0. The fourth-order valence-corrected chi connectivity index (χ4v) is 3.68. The molecule has 1 aliphatic rings. The molecule has 4 rings (SSSR count). The van der Waals surface area contributed by atoms with Crippen molar-refractivity contribution < 1.29 is 19.0 Å². The fraction of sp³-hybridized carbons (Fsp3) is 0.348. The second-order valence-electron chi connectivity index (χ2n) is 7.87. The van der Waals surface area contributed by atoms with Crippen molar-refractivity contribution in [2.24, 2.45) is 7.05 Å². The zero-order valence-corrected chi connectivity index (χ0v) is 17.5. The van der Waals surface area contributed by atoms with Crippen LogP contribution in [0.4, 0.5) is 4.39 Å². The van der Waals surface area contributed by atoms with Crippen molar-refractivity contribution in [3.63, 3.8) is 0 Å². The van der Waals surface area contributed by atoms with Gasteiger partial charge in [0.15, 0.2) is 6.29 Å². The summed E-state index contributed by atoms with van der Waals surface area (Å²) in [5.41, 5.74) is 4.05. The van der Waals surface area contributed by atoms with Crippen LogP contribution in [0.1, 0.15) is 40.0 Å². The number of rotatable bonds is 5. The van der Waals surface area contributed by atoms with E-state index in [9.17, 15) is 14.3 Å². The number of aromatic nitrogens is 3. The summed E-state index contributed by atoms with van der Waals surface area (Å²) in [4.78, 5) is 16.8. The number of amides is 1. The number of halogens is 1. The molecule has 3 aromatic rings. The van der Waals surface area contributed by atoms with E-state index in [1.54, 1.807) is 29.2 Å². The lowest BCUT2D eigenvalue weighted by Gasteiger charge is -2.28. The maximum absolute atomic E-state index is 14.8. The summed E-state index contributed by atoms with van der Waals surface area (Å²) < 4.78 is 21.7. The summed E-state index contributed by atoms with van der Waals surface area (Å²) in [7, 11) is 1.82. The van der Waals surface area contributed by atoms with E-state index in [1.807, 2.05) is 26.2 Å². The van der Waals surface area contributed by atoms with E-state index < -0.39 is 12.3 Å². The van der Waals surface area contributed by atoms with Crippen LogP contribution in [0.15, 0.2) is 42.9 Å². The molecule has 1 aliphatic heterocycles. The van der Waals surface area contributed by atoms with E-state index in [1.165, 1.54) is 6.07 Å². The number of carbonyl (C=O) groups is 1. The summed E-state index contributed by atoms with van der Waals surface area (Å²) in [6, 6.07) is 6.33. The monoisotopic (exact) mass is 424 g/mol. The molecule has 1 saturated heterocycles. The number of aliphatic hydroxyl groups excluding tert-OH is 1. The van der Waals surface area contributed by atoms with Gasteiger partial charge in [-0.15, -0.1) is 0 Å². The number of nitrogens with zero attached hydrogens (tertiary/aromatic N) is 3. The topological polar surface area (TPSA) is 89.3 Å². The molecule has 3 heterocycles. The number of ether oxygens (including phenoxy) is 1. The maximum atomic E-state index is 14.8. The lowest BCUT2D eigenvalue weighted by atomic mass is 9.98. The number of carbonyl (C=O) groups excluding carboxylic acids is 1. The molecule has 1 amide bonds. The normalized spacial score (nSPS) is 18.7. The van der Waals surface area contributed by atoms with Crippen LogP contribution < -0.4 is 5.32 Å². The van der Waals surface area contributed by atoms with Crippen LogP contribution in [0.2, 0.25) is 0 Å². The number of nitrogens with one attached hydrogen (secondary N) is 1. The van der Waals surface area contributed by atoms with Gasteiger partial charge >= 0.3 is 0 Å². The number of pyridine rings is 1. The van der Waals surface area contributed by atoms with Crippen molar-refractivity contribution in [3.05, 3.63) is 71.1 Å². The Bertz CT molecular complexity index is 1100. The highest BCUT2D eigenvalue weighted by molar-refractivity contribution is 5.92. The smallest absolute Gasteiger partial charge is 0.270 e. The highest BCUT2D eigenvalue weighted by Gasteiger charge is 2.26. The molecule has 0 radical (unpaired) electrons. The van der Waals surface area contributed by atoms with E-state index in [2.05, 4.69) is 15.4 Å². The maximum Gasteiger partial charge on any atom is 0.270 e. The van der Waals surface area contributed by atoms with E-state index in [4.69, 9.17) is 4.74 Å². The lowest BCUT2D eigenvalue weighted by Crippen LogP contribution is -2.47. The number of hydrogen-bond donors (Lipinski definition) is 2. The summed E-state index contributed by atoms with van der Waals surface area (Å²) in [5.74, 6) is -0.700. The molecule has 8 heteroatoms. The number of benzene rings is 1. The van der Waals surface area contributed by atoms with Gasteiger partial charge in [0.05, 0.1) is 12.2 Å². The molecular weight excluding hydrogens is 399 g/mol. The summed E-state index contributed by atoms with van der Waals surface area (Å²) in [6.45, 7) is 2.36. The van der Waals surface area contributed by atoms with Crippen LogP contribution in [0.3, 0.4) is 0 Å². The van der Waals surface area contributed by atoms with Gasteiger partial charge in [0.1, 0.15) is 11.5 Å². The Morgan fingerprint density at radius 3 is 2.84 bits per heavy atom.